The number of halogens is 2. The van der Waals surface area contributed by atoms with E-state index in [9.17, 15) is 13.6 Å². The van der Waals surface area contributed by atoms with Crippen LogP contribution in [-0.2, 0) is 0 Å². The summed E-state index contributed by atoms with van der Waals surface area (Å²) in [5, 5.41) is 3.07. The quantitative estimate of drug-likeness (QED) is 0.862. The molecule has 0 aliphatic carbocycles. The van der Waals surface area contributed by atoms with Crippen molar-refractivity contribution in [3.05, 3.63) is 29.8 Å². The highest BCUT2D eigenvalue weighted by atomic mass is 32.2. The topological polar surface area (TPSA) is 44.7 Å². The number of amides is 2. The number of carbonyl (C=O) groups excluding carboxylic acids is 1. The van der Waals surface area contributed by atoms with Crippen molar-refractivity contribution in [2.24, 2.45) is 4.99 Å². The van der Waals surface area contributed by atoms with Crippen molar-refractivity contribution in [2.75, 3.05) is 18.5 Å². The zero-order chi connectivity index (χ0) is 14.0. The molecular weight excluding hydrogens is 272 g/mol. The summed E-state index contributed by atoms with van der Waals surface area (Å²) < 4.78 is 26.8. The predicted octanol–water partition coefficient (Wildman–Crippen LogP) is 2.60. The highest BCUT2D eigenvalue weighted by molar-refractivity contribution is 8.15. The number of hydrogen-bond acceptors (Lipinski definition) is 3. The van der Waals surface area contributed by atoms with E-state index in [1.54, 1.807) is 0 Å². The van der Waals surface area contributed by atoms with Crippen molar-refractivity contribution in [2.45, 2.75) is 12.2 Å². The average Bonchev–Trinajstić information content (AvgIpc) is 2.78. The van der Waals surface area contributed by atoms with Crippen LogP contribution in [0.2, 0.25) is 0 Å². The van der Waals surface area contributed by atoms with Crippen LogP contribution in [-0.4, -0.2) is 30.0 Å². The predicted molar refractivity (Wildman–Crippen MR) is 72.6 cm³/mol. The number of aliphatic imine (C=N–C) groups is 1. The number of anilines is 1. The Morgan fingerprint density at radius 2 is 2.26 bits per heavy atom. The number of urea groups is 1. The normalized spacial score (nSPS) is 18.1. The Hall–Kier alpha value is -1.63. The van der Waals surface area contributed by atoms with E-state index in [0.717, 1.165) is 17.0 Å². The highest BCUT2D eigenvalue weighted by Gasteiger charge is 2.28. The molecule has 0 bridgehead atoms. The molecule has 1 aromatic rings. The first-order valence-electron chi connectivity index (χ1n) is 5.71. The monoisotopic (exact) mass is 285 g/mol. The second-order valence-electron chi connectivity index (χ2n) is 4.04. The minimum absolute atomic E-state index is 0.0129. The zero-order valence-electron chi connectivity index (χ0n) is 10.5. The first-order valence-corrected chi connectivity index (χ1v) is 6.59. The molecule has 1 atom stereocenters. The SMILES string of the molecule is CNC(=O)N(C1=NC[C@H](C)S1)c1ccc(F)cc1F. The van der Waals surface area contributed by atoms with E-state index in [2.05, 4.69) is 10.3 Å². The molecule has 0 saturated carbocycles. The van der Waals surface area contributed by atoms with Gasteiger partial charge in [-0.2, -0.15) is 0 Å². The molecule has 1 aliphatic rings. The van der Waals surface area contributed by atoms with Crippen LogP contribution >= 0.6 is 11.8 Å². The number of hydrogen-bond donors (Lipinski definition) is 1. The Morgan fingerprint density at radius 3 is 2.79 bits per heavy atom. The summed E-state index contributed by atoms with van der Waals surface area (Å²) in [4.78, 5) is 17.2. The van der Waals surface area contributed by atoms with Crippen LogP contribution in [0.4, 0.5) is 19.3 Å². The van der Waals surface area contributed by atoms with E-state index in [1.807, 2.05) is 6.92 Å². The summed E-state index contributed by atoms with van der Waals surface area (Å²) in [6.07, 6.45) is 0. The first kappa shape index (κ1) is 13.8. The average molecular weight is 285 g/mol. The van der Waals surface area contributed by atoms with Gasteiger partial charge in [0.25, 0.3) is 0 Å². The van der Waals surface area contributed by atoms with Crippen molar-refractivity contribution < 1.29 is 13.6 Å². The maximum absolute atomic E-state index is 13.8. The minimum atomic E-state index is -0.800. The molecule has 0 spiro atoms. The van der Waals surface area contributed by atoms with Gasteiger partial charge in [0.15, 0.2) is 5.17 Å². The van der Waals surface area contributed by atoms with Gasteiger partial charge in [0.1, 0.15) is 11.6 Å². The lowest BCUT2D eigenvalue weighted by Gasteiger charge is -2.22. The van der Waals surface area contributed by atoms with Crippen LogP contribution in [0.15, 0.2) is 23.2 Å². The Kier molecular flexibility index (Phi) is 4.04. The van der Waals surface area contributed by atoms with Crippen LogP contribution < -0.4 is 10.2 Å². The summed E-state index contributed by atoms with van der Waals surface area (Å²) in [6, 6.07) is 2.57. The van der Waals surface area contributed by atoms with E-state index < -0.39 is 17.7 Å². The Labute approximate surface area is 113 Å². The Bertz CT molecular complexity index is 536. The molecule has 1 aliphatic heterocycles. The maximum atomic E-state index is 13.8. The van der Waals surface area contributed by atoms with Crippen LogP contribution in [0.3, 0.4) is 0 Å². The van der Waals surface area contributed by atoms with Gasteiger partial charge in [0, 0.05) is 18.4 Å². The van der Waals surface area contributed by atoms with E-state index in [4.69, 9.17) is 0 Å². The van der Waals surface area contributed by atoms with Crippen molar-refractivity contribution in [1.29, 1.82) is 0 Å². The smallest absolute Gasteiger partial charge is 0.327 e. The second-order valence-corrected chi connectivity index (χ2v) is 5.44. The number of nitrogens with zero attached hydrogens (tertiary/aromatic N) is 2. The molecule has 0 radical (unpaired) electrons. The molecule has 7 heteroatoms. The third kappa shape index (κ3) is 2.86. The molecule has 102 valence electrons. The van der Waals surface area contributed by atoms with Gasteiger partial charge >= 0.3 is 6.03 Å². The van der Waals surface area contributed by atoms with Gasteiger partial charge < -0.3 is 5.32 Å². The standard InChI is InChI=1S/C12H13F2N3OS/c1-7-6-16-12(19-7)17(11(18)15-2)10-4-3-8(13)5-9(10)14/h3-5,7H,6H2,1-2H3,(H,15,18)/t7-/m0/s1. The molecule has 2 rings (SSSR count). The van der Waals surface area contributed by atoms with Crippen molar-refractivity contribution in [3.63, 3.8) is 0 Å². The molecule has 0 aromatic heterocycles. The van der Waals surface area contributed by atoms with E-state index >= 15 is 0 Å². The number of thioether (sulfide) groups is 1. The number of nitrogens with one attached hydrogen (secondary N) is 1. The van der Waals surface area contributed by atoms with Crippen LogP contribution in [0.5, 0.6) is 0 Å². The fraction of sp³-hybridized carbons (Fsp3) is 0.333. The number of carbonyl (C=O) groups is 1. The molecule has 1 aromatic carbocycles. The lowest BCUT2D eigenvalue weighted by molar-refractivity contribution is 0.251. The van der Waals surface area contributed by atoms with Gasteiger partial charge in [-0.1, -0.05) is 18.7 Å². The van der Waals surface area contributed by atoms with Crippen molar-refractivity contribution in [3.8, 4) is 0 Å². The highest BCUT2D eigenvalue weighted by Crippen LogP contribution is 2.29. The van der Waals surface area contributed by atoms with Gasteiger partial charge in [-0.05, 0) is 12.1 Å². The fourth-order valence-corrected chi connectivity index (χ4v) is 2.60. The van der Waals surface area contributed by atoms with E-state index in [0.29, 0.717) is 11.7 Å². The fourth-order valence-electron chi connectivity index (χ4n) is 1.66. The Balaban J connectivity index is 2.40. The minimum Gasteiger partial charge on any atom is -0.340 e. The van der Waals surface area contributed by atoms with Gasteiger partial charge in [-0.25, -0.2) is 18.5 Å². The maximum Gasteiger partial charge on any atom is 0.327 e. The third-order valence-corrected chi connectivity index (χ3v) is 3.62. The summed E-state index contributed by atoms with van der Waals surface area (Å²) >= 11 is 1.38. The zero-order valence-corrected chi connectivity index (χ0v) is 11.3. The van der Waals surface area contributed by atoms with Gasteiger partial charge in [0.05, 0.1) is 12.2 Å². The van der Waals surface area contributed by atoms with E-state index in [1.165, 1.54) is 24.9 Å². The molecule has 4 nitrogen and oxygen atoms in total. The third-order valence-electron chi connectivity index (χ3n) is 2.55. The summed E-state index contributed by atoms with van der Waals surface area (Å²) in [6.45, 7) is 2.53. The van der Waals surface area contributed by atoms with Gasteiger partial charge in [-0.3, -0.25) is 4.99 Å². The molecule has 0 unspecified atom stereocenters. The van der Waals surface area contributed by atoms with Gasteiger partial charge in [-0.15, -0.1) is 0 Å². The van der Waals surface area contributed by atoms with Crippen molar-refractivity contribution >= 4 is 28.6 Å². The number of rotatable bonds is 1. The summed E-state index contributed by atoms with van der Waals surface area (Å²) in [5.74, 6) is -1.49. The molecule has 2 amide bonds. The van der Waals surface area contributed by atoms with Crippen LogP contribution in [0, 0.1) is 11.6 Å². The van der Waals surface area contributed by atoms with Crippen molar-refractivity contribution in [1.82, 2.24) is 5.32 Å². The first-order chi connectivity index (χ1) is 9.02. The molecule has 1 N–H and O–H groups in total. The lowest BCUT2D eigenvalue weighted by atomic mass is 10.3. The molecule has 0 saturated heterocycles. The molecule has 1 heterocycles. The largest absolute Gasteiger partial charge is 0.340 e. The number of amidine groups is 1. The number of benzene rings is 1. The van der Waals surface area contributed by atoms with E-state index in [-0.39, 0.29) is 10.9 Å². The lowest BCUT2D eigenvalue weighted by Crippen LogP contribution is -2.41. The molecule has 0 fully saturated rings. The summed E-state index contributed by atoms with van der Waals surface area (Å²) in [5.41, 5.74) is -0.0129. The second kappa shape index (κ2) is 5.56. The molecular formula is C12H13F2N3OS. The van der Waals surface area contributed by atoms with Crippen LogP contribution in [0.25, 0.3) is 0 Å². The molecule has 19 heavy (non-hydrogen) atoms. The summed E-state index contributed by atoms with van der Waals surface area (Å²) in [7, 11) is 1.44. The Morgan fingerprint density at radius 1 is 1.53 bits per heavy atom. The van der Waals surface area contributed by atoms with Gasteiger partial charge in [0.2, 0.25) is 0 Å². The van der Waals surface area contributed by atoms with Crippen LogP contribution in [0.1, 0.15) is 6.92 Å².